The highest BCUT2D eigenvalue weighted by molar-refractivity contribution is 5.59. The monoisotopic (exact) mass is 163 g/mol. The summed E-state index contributed by atoms with van der Waals surface area (Å²) in [5, 5.41) is 0. The maximum Gasteiger partial charge on any atom is 0.145 e. The Balaban J connectivity index is 2.46. The van der Waals surface area contributed by atoms with E-state index in [0.717, 1.165) is 24.5 Å². The smallest absolute Gasteiger partial charge is 0.145 e. The van der Waals surface area contributed by atoms with Crippen LogP contribution in [0.3, 0.4) is 0 Å². The molecule has 0 amide bonds. The molecule has 2 rings (SSSR count). The summed E-state index contributed by atoms with van der Waals surface area (Å²) in [6.45, 7) is 2.96. The van der Waals surface area contributed by atoms with Gasteiger partial charge in [0.25, 0.3) is 0 Å². The minimum absolute atomic E-state index is 0.545. The average Bonchev–Trinajstić information content (AvgIpc) is 2.49. The van der Waals surface area contributed by atoms with Crippen LogP contribution in [0.5, 0.6) is 5.75 Å². The second kappa shape index (κ2) is 2.70. The number of rotatable bonds is 1. The number of nitrogens with two attached hydrogens (primary N) is 1. The summed E-state index contributed by atoms with van der Waals surface area (Å²) >= 11 is 0. The molecule has 64 valence electrons. The molecule has 1 aromatic carbocycles. The zero-order chi connectivity index (χ0) is 8.55. The minimum Gasteiger partial charge on any atom is -0.490 e. The Morgan fingerprint density at radius 3 is 3.17 bits per heavy atom. The zero-order valence-electron chi connectivity index (χ0n) is 7.21. The maximum absolute atomic E-state index is 5.76. The summed E-state index contributed by atoms with van der Waals surface area (Å²) in [5.41, 5.74) is 7.81. The number of fused-ring (bicyclic) bond motifs is 1. The first-order valence-corrected chi connectivity index (χ1v) is 4.34. The number of nitrogen functional groups attached to an aromatic ring is 1. The highest BCUT2D eigenvalue weighted by Crippen LogP contribution is 2.39. The summed E-state index contributed by atoms with van der Waals surface area (Å²) < 4.78 is 5.51. The van der Waals surface area contributed by atoms with Crippen molar-refractivity contribution in [3.63, 3.8) is 0 Å². The SMILES string of the molecule is CCC1COc2c(N)cccc21. The van der Waals surface area contributed by atoms with Gasteiger partial charge in [-0.15, -0.1) is 0 Å². The van der Waals surface area contributed by atoms with E-state index in [1.807, 2.05) is 12.1 Å². The van der Waals surface area contributed by atoms with Gasteiger partial charge in [-0.25, -0.2) is 0 Å². The molecular formula is C10H13NO. The average molecular weight is 163 g/mol. The molecule has 0 radical (unpaired) electrons. The maximum atomic E-state index is 5.76. The van der Waals surface area contributed by atoms with Gasteiger partial charge in [-0.3, -0.25) is 0 Å². The van der Waals surface area contributed by atoms with Crippen molar-refractivity contribution in [1.82, 2.24) is 0 Å². The summed E-state index contributed by atoms with van der Waals surface area (Å²) in [4.78, 5) is 0. The fraction of sp³-hybridized carbons (Fsp3) is 0.400. The van der Waals surface area contributed by atoms with Crippen LogP contribution in [0.15, 0.2) is 18.2 Å². The normalized spacial score (nSPS) is 20.2. The Morgan fingerprint density at radius 1 is 1.58 bits per heavy atom. The number of ether oxygens (including phenoxy) is 1. The largest absolute Gasteiger partial charge is 0.490 e. The van der Waals surface area contributed by atoms with Crippen LogP contribution in [0.1, 0.15) is 24.8 Å². The first-order chi connectivity index (χ1) is 5.83. The van der Waals surface area contributed by atoms with Gasteiger partial charge < -0.3 is 10.5 Å². The summed E-state index contributed by atoms with van der Waals surface area (Å²) in [6, 6.07) is 5.98. The van der Waals surface area contributed by atoms with Crippen LogP contribution in [-0.4, -0.2) is 6.61 Å². The molecule has 0 aromatic heterocycles. The van der Waals surface area contributed by atoms with E-state index in [-0.39, 0.29) is 0 Å². The van der Waals surface area contributed by atoms with E-state index in [9.17, 15) is 0 Å². The van der Waals surface area contributed by atoms with E-state index < -0.39 is 0 Å². The van der Waals surface area contributed by atoms with Crippen molar-refractivity contribution in [2.75, 3.05) is 12.3 Å². The van der Waals surface area contributed by atoms with Crippen molar-refractivity contribution in [2.45, 2.75) is 19.3 Å². The molecule has 1 atom stereocenters. The van der Waals surface area contributed by atoms with Crippen molar-refractivity contribution in [1.29, 1.82) is 0 Å². The zero-order valence-corrected chi connectivity index (χ0v) is 7.21. The van der Waals surface area contributed by atoms with Crippen molar-refractivity contribution in [3.8, 4) is 5.75 Å². The van der Waals surface area contributed by atoms with Crippen LogP contribution in [0, 0.1) is 0 Å². The van der Waals surface area contributed by atoms with E-state index in [1.54, 1.807) is 0 Å². The molecule has 0 saturated heterocycles. The van der Waals surface area contributed by atoms with Crippen LogP contribution >= 0.6 is 0 Å². The molecule has 2 heteroatoms. The molecule has 1 aliphatic heterocycles. The second-order valence-corrected chi connectivity index (χ2v) is 3.18. The highest BCUT2D eigenvalue weighted by atomic mass is 16.5. The Labute approximate surface area is 72.3 Å². The van der Waals surface area contributed by atoms with E-state index in [2.05, 4.69) is 13.0 Å². The molecule has 1 aliphatic rings. The predicted octanol–water partition coefficient (Wildman–Crippen LogP) is 2.15. The molecule has 1 heterocycles. The lowest BCUT2D eigenvalue weighted by atomic mass is 9.98. The number of anilines is 1. The third-order valence-corrected chi connectivity index (χ3v) is 2.44. The molecular weight excluding hydrogens is 150 g/mol. The van der Waals surface area contributed by atoms with Gasteiger partial charge in [0.2, 0.25) is 0 Å². The lowest BCUT2D eigenvalue weighted by Crippen LogP contribution is -1.97. The van der Waals surface area contributed by atoms with E-state index >= 15 is 0 Å². The van der Waals surface area contributed by atoms with E-state index in [0.29, 0.717) is 5.92 Å². The lowest BCUT2D eigenvalue weighted by Gasteiger charge is -2.03. The van der Waals surface area contributed by atoms with Gasteiger partial charge in [-0.1, -0.05) is 19.1 Å². The second-order valence-electron chi connectivity index (χ2n) is 3.18. The summed E-state index contributed by atoms with van der Waals surface area (Å²) in [6.07, 6.45) is 1.12. The first kappa shape index (κ1) is 7.47. The van der Waals surface area contributed by atoms with Crippen LogP contribution in [-0.2, 0) is 0 Å². The third kappa shape index (κ3) is 0.951. The third-order valence-electron chi connectivity index (χ3n) is 2.44. The van der Waals surface area contributed by atoms with Crippen LogP contribution < -0.4 is 10.5 Å². The number of hydrogen-bond donors (Lipinski definition) is 1. The molecule has 2 nitrogen and oxygen atoms in total. The van der Waals surface area contributed by atoms with Crippen LogP contribution in [0.4, 0.5) is 5.69 Å². The quantitative estimate of drug-likeness (QED) is 0.644. The summed E-state index contributed by atoms with van der Waals surface area (Å²) in [5.74, 6) is 1.45. The summed E-state index contributed by atoms with van der Waals surface area (Å²) in [7, 11) is 0. The van der Waals surface area contributed by atoms with Gasteiger partial charge in [-0.05, 0) is 12.5 Å². The van der Waals surface area contributed by atoms with Crippen molar-refractivity contribution in [3.05, 3.63) is 23.8 Å². The Kier molecular flexibility index (Phi) is 1.68. The van der Waals surface area contributed by atoms with Gasteiger partial charge in [0.05, 0.1) is 12.3 Å². The Bertz CT molecular complexity index is 296. The molecule has 0 fully saturated rings. The molecule has 2 N–H and O–H groups in total. The van der Waals surface area contributed by atoms with E-state index in [1.165, 1.54) is 5.56 Å². The van der Waals surface area contributed by atoms with E-state index in [4.69, 9.17) is 10.5 Å². The predicted molar refractivity (Wildman–Crippen MR) is 49.4 cm³/mol. The van der Waals surface area contributed by atoms with Crippen molar-refractivity contribution < 1.29 is 4.74 Å². The van der Waals surface area contributed by atoms with Crippen LogP contribution in [0.2, 0.25) is 0 Å². The molecule has 1 aromatic rings. The van der Waals surface area contributed by atoms with Gasteiger partial charge in [0, 0.05) is 11.5 Å². The van der Waals surface area contributed by atoms with Gasteiger partial charge >= 0.3 is 0 Å². The molecule has 0 bridgehead atoms. The van der Waals surface area contributed by atoms with Crippen molar-refractivity contribution in [2.24, 2.45) is 0 Å². The highest BCUT2D eigenvalue weighted by Gasteiger charge is 2.23. The first-order valence-electron chi connectivity index (χ1n) is 4.34. The van der Waals surface area contributed by atoms with Gasteiger partial charge in [0.15, 0.2) is 0 Å². The number of para-hydroxylation sites is 1. The molecule has 0 aliphatic carbocycles. The molecule has 1 unspecified atom stereocenters. The topological polar surface area (TPSA) is 35.2 Å². The minimum atomic E-state index is 0.545. The standard InChI is InChI=1S/C10H13NO/c1-2-7-6-12-10-8(7)4-3-5-9(10)11/h3-5,7H,2,6,11H2,1H3. The van der Waals surface area contributed by atoms with Crippen LogP contribution in [0.25, 0.3) is 0 Å². The Hall–Kier alpha value is -1.18. The lowest BCUT2D eigenvalue weighted by molar-refractivity contribution is 0.329. The van der Waals surface area contributed by atoms with Crippen molar-refractivity contribution >= 4 is 5.69 Å². The van der Waals surface area contributed by atoms with Gasteiger partial charge in [-0.2, -0.15) is 0 Å². The number of benzene rings is 1. The fourth-order valence-corrected chi connectivity index (χ4v) is 1.67. The molecule has 0 spiro atoms. The fourth-order valence-electron chi connectivity index (χ4n) is 1.67. The van der Waals surface area contributed by atoms with Gasteiger partial charge in [0.1, 0.15) is 5.75 Å². The molecule has 0 saturated carbocycles. The Morgan fingerprint density at radius 2 is 2.42 bits per heavy atom. The molecule has 12 heavy (non-hydrogen) atoms. The number of hydrogen-bond acceptors (Lipinski definition) is 2.